The molecule has 0 spiro atoms. The lowest BCUT2D eigenvalue weighted by molar-refractivity contribution is -0.120. The van der Waals surface area contributed by atoms with Crippen LogP contribution in [0, 0.1) is 12.8 Å². The van der Waals surface area contributed by atoms with Gasteiger partial charge >= 0.3 is 0 Å². The first-order valence-electron chi connectivity index (χ1n) is 8.97. The summed E-state index contributed by atoms with van der Waals surface area (Å²) in [4.78, 5) is 23.9. The smallest absolute Gasteiger partial charge is 0.231 e. The van der Waals surface area contributed by atoms with Crippen LogP contribution in [0.25, 0.3) is 20.4 Å². The number of rotatable bonds is 4. The topological polar surface area (TPSA) is 67.3 Å². The lowest BCUT2D eigenvalue weighted by Gasteiger charge is -2.37. The normalized spacial score (nSPS) is 14.4. The van der Waals surface area contributed by atoms with Crippen LogP contribution in [-0.4, -0.2) is 36.1 Å². The van der Waals surface area contributed by atoms with Gasteiger partial charge in [-0.15, -0.1) is 11.3 Å². The molecule has 1 amide bonds. The Morgan fingerprint density at radius 1 is 1.18 bits per heavy atom. The van der Waals surface area contributed by atoms with Gasteiger partial charge in [-0.1, -0.05) is 17.4 Å². The van der Waals surface area contributed by atoms with E-state index in [-0.39, 0.29) is 11.8 Å². The van der Waals surface area contributed by atoms with E-state index in [1.807, 2.05) is 43.3 Å². The van der Waals surface area contributed by atoms with Crippen molar-refractivity contribution >= 4 is 59.8 Å². The summed E-state index contributed by atoms with van der Waals surface area (Å²) in [5, 5.41) is 4.99. The number of para-hydroxylation sites is 1. The quantitative estimate of drug-likeness (QED) is 0.543. The number of anilines is 2. The van der Waals surface area contributed by atoms with Gasteiger partial charge in [-0.2, -0.15) is 0 Å². The maximum absolute atomic E-state index is 12.6. The van der Waals surface area contributed by atoms with Gasteiger partial charge in [0.15, 0.2) is 5.13 Å². The van der Waals surface area contributed by atoms with Crippen LogP contribution in [0.2, 0.25) is 0 Å². The first kappa shape index (κ1) is 17.4. The predicted molar refractivity (Wildman–Crippen MR) is 115 cm³/mol. The number of thiazole rings is 2. The molecule has 2 aromatic carbocycles. The highest BCUT2D eigenvalue weighted by Crippen LogP contribution is 2.36. The summed E-state index contributed by atoms with van der Waals surface area (Å²) in [5.41, 5.74) is 2.61. The molecule has 1 aliphatic rings. The lowest BCUT2D eigenvalue weighted by atomic mass is 10.00. The third kappa shape index (κ3) is 2.98. The molecule has 4 aromatic rings. The van der Waals surface area contributed by atoms with Gasteiger partial charge in [0.2, 0.25) is 5.91 Å². The number of ether oxygens (including phenoxy) is 1. The fraction of sp³-hybridized carbons (Fsp3) is 0.250. The van der Waals surface area contributed by atoms with Crippen LogP contribution in [0.1, 0.15) is 5.01 Å². The number of methoxy groups -OCH3 is 1. The zero-order valence-corrected chi connectivity index (χ0v) is 17.1. The molecule has 0 bridgehead atoms. The van der Waals surface area contributed by atoms with E-state index in [1.54, 1.807) is 29.8 Å². The van der Waals surface area contributed by atoms with E-state index in [4.69, 9.17) is 9.72 Å². The van der Waals surface area contributed by atoms with E-state index in [0.29, 0.717) is 13.1 Å². The minimum Gasteiger partial charge on any atom is -0.494 e. The summed E-state index contributed by atoms with van der Waals surface area (Å²) >= 11 is 3.29. The van der Waals surface area contributed by atoms with Crippen molar-refractivity contribution in [3.05, 3.63) is 41.4 Å². The highest BCUT2D eigenvalue weighted by molar-refractivity contribution is 7.22. The molecule has 6 nitrogen and oxygen atoms in total. The Kier molecular flexibility index (Phi) is 4.17. The van der Waals surface area contributed by atoms with Crippen molar-refractivity contribution in [1.82, 2.24) is 9.97 Å². The first-order chi connectivity index (χ1) is 13.6. The standard InChI is InChI=1S/C20H18N4O2S2/c1-11-21-14-8-13(6-7-16(14)27-11)22-19(25)12-9-24(10-12)20-23-18-15(26-2)4-3-5-17(18)28-20/h3-8,12H,9-10H2,1-2H3,(H,22,25). The molecule has 0 radical (unpaired) electrons. The number of aryl methyl sites for hydroxylation is 1. The Hall–Kier alpha value is -2.71. The van der Waals surface area contributed by atoms with Gasteiger partial charge in [-0.25, -0.2) is 9.97 Å². The van der Waals surface area contributed by atoms with Gasteiger partial charge in [-0.3, -0.25) is 4.79 Å². The SMILES string of the molecule is COc1cccc2sc(N3CC(C(=O)Nc4ccc5sc(C)nc5c4)C3)nc12. The van der Waals surface area contributed by atoms with Gasteiger partial charge in [-0.05, 0) is 37.3 Å². The number of carbonyl (C=O) groups is 1. The molecule has 8 heteroatoms. The minimum atomic E-state index is -0.0400. The number of hydrogen-bond acceptors (Lipinski definition) is 7. The van der Waals surface area contributed by atoms with Crippen molar-refractivity contribution in [3.63, 3.8) is 0 Å². The minimum absolute atomic E-state index is 0.0400. The monoisotopic (exact) mass is 410 g/mol. The maximum Gasteiger partial charge on any atom is 0.231 e. The van der Waals surface area contributed by atoms with Gasteiger partial charge in [0, 0.05) is 18.8 Å². The van der Waals surface area contributed by atoms with Crippen LogP contribution < -0.4 is 15.0 Å². The molecule has 0 atom stereocenters. The van der Waals surface area contributed by atoms with Crippen LogP contribution >= 0.6 is 22.7 Å². The van der Waals surface area contributed by atoms with E-state index in [9.17, 15) is 4.79 Å². The molecule has 1 aliphatic heterocycles. The average Bonchev–Trinajstić information content (AvgIpc) is 3.22. The molecular weight excluding hydrogens is 392 g/mol. The number of fused-ring (bicyclic) bond motifs is 2. The van der Waals surface area contributed by atoms with Crippen molar-refractivity contribution in [2.24, 2.45) is 5.92 Å². The molecular formula is C20H18N4O2S2. The number of nitrogens with one attached hydrogen (secondary N) is 1. The van der Waals surface area contributed by atoms with Gasteiger partial charge in [0.25, 0.3) is 0 Å². The second-order valence-corrected chi connectivity index (χ2v) is 9.05. The van der Waals surface area contributed by atoms with Gasteiger partial charge < -0.3 is 15.0 Å². The maximum atomic E-state index is 12.6. The molecule has 1 N–H and O–H groups in total. The lowest BCUT2D eigenvalue weighted by Crippen LogP contribution is -2.52. The van der Waals surface area contributed by atoms with Crippen LogP contribution in [0.3, 0.4) is 0 Å². The van der Waals surface area contributed by atoms with Gasteiger partial charge in [0.05, 0.1) is 33.0 Å². The van der Waals surface area contributed by atoms with E-state index < -0.39 is 0 Å². The highest BCUT2D eigenvalue weighted by Gasteiger charge is 2.34. The summed E-state index contributed by atoms with van der Waals surface area (Å²) in [6, 6.07) is 11.8. The number of aromatic nitrogens is 2. The molecule has 142 valence electrons. The summed E-state index contributed by atoms with van der Waals surface area (Å²) in [5.74, 6) is 0.783. The highest BCUT2D eigenvalue weighted by atomic mass is 32.1. The molecule has 1 fully saturated rings. The molecule has 5 rings (SSSR count). The van der Waals surface area contributed by atoms with E-state index in [2.05, 4.69) is 15.2 Å². The summed E-state index contributed by atoms with van der Waals surface area (Å²) < 4.78 is 7.61. The number of nitrogens with zero attached hydrogens (tertiary/aromatic N) is 3. The van der Waals surface area contributed by atoms with Crippen LogP contribution in [0.4, 0.5) is 10.8 Å². The average molecular weight is 411 g/mol. The Bertz CT molecular complexity index is 1190. The van der Waals surface area contributed by atoms with Crippen molar-refractivity contribution in [2.75, 3.05) is 30.4 Å². The van der Waals surface area contributed by atoms with Crippen LogP contribution in [-0.2, 0) is 4.79 Å². The second kappa shape index (κ2) is 6.72. The fourth-order valence-corrected chi connectivity index (χ4v) is 5.19. The van der Waals surface area contributed by atoms with Crippen molar-refractivity contribution in [2.45, 2.75) is 6.92 Å². The van der Waals surface area contributed by atoms with E-state index >= 15 is 0 Å². The number of amides is 1. The van der Waals surface area contributed by atoms with Crippen LogP contribution in [0.15, 0.2) is 36.4 Å². The molecule has 0 unspecified atom stereocenters. The molecule has 28 heavy (non-hydrogen) atoms. The molecule has 3 heterocycles. The molecule has 0 saturated carbocycles. The second-order valence-electron chi connectivity index (χ2n) is 6.81. The third-order valence-corrected chi connectivity index (χ3v) is 6.91. The Balaban J connectivity index is 1.26. The predicted octanol–water partition coefficient (Wildman–Crippen LogP) is 4.30. The molecule has 0 aliphatic carbocycles. The number of hydrogen-bond donors (Lipinski definition) is 1. The molecule has 2 aromatic heterocycles. The van der Waals surface area contributed by atoms with Gasteiger partial charge in [0.1, 0.15) is 11.3 Å². The van der Waals surface area contributed by atoms with Crippen molar-refractivity contribution < 1.29 is 9.53 Å². The fourth-order valence-electron chi connectivity index (χ4n) is 3.38. The van der Waals surface area contributed by atoms with Crippen molar-refractivity contribution in [1.29, 1.82) is 0 Å². The van der Waals surface area contributed by atoms with E-state index in [1.165, 1.54) is 0 Å². The summed E-state index contributed by atoms with van der Waals surface area (Å²) in [6.07, 6.45) is 0. The Labute approximate surface area is 169 Å². The Morgan fingerprint density at radius 3 is 2.86 bits per heavy atom. The summed E-state index contributed by atoms with van der Waals surface area (Å²) in [7, 11) is 1.65. The first-order valence-corrected chi connectivity index (χ1v) is 10.6. The zero-order chi connectivity index (χ0) is 19.3. The third-order valence-electron chi connectivity index (χ3n) is 4.88. The number of carbonyl (C=O) groups excluding carboxylic acids is 1. The van der Waals surface area contributed by atoms with E-state index in [0.717, 1.165) is 42.0 Å². The summed E-state index contributed by atoms with van der Waals surface area (Å²) in [6.45, 7) is 3.33. The molecule has 1 saturated heterocycles. The Morgan fingerprint density at radius 2 is 2.04 bits per heavy atom. The largest absolute Gasteiger partial charge is 0.494 e. The van der Waals surface area contributed by atoms with Crippen molar-refractivity contribution in [3.8, 4) is 5.75 Å². The van der Waals surface area contributed by atoms with Crippen LogP contribution in [0.5, 0.6) is 5.75 Å². The zero-order valence-electron chi connectivity index (χ0n) is 15.4. The number of benzene rings is 2.